The minimum absolute atomic E-state index is 0.440. The van der Waals surface area contributed by atoms with E-state index < -0.39 is 12.0 Å². The summed E-state index contributed by atoms with van der Waals surface area (Å²) in [5.74, 6) is -0.755. The molecule has 0 bridgehead atoms. The van der Waals surface area contributed by atoms with Crippen molar-refractivity contribution in [2.75, 3.05) is 0 Å². The number of fused-ring (bicyclic) bond motifs is 1. The van der Waals surface area contributed by atoms with E-state index in [-0.39, 0.29) is 0 Å². The highest BCUT2D eigenvalue weighted by Gasteiger charge is 2.16. The second kappa shape index (κ2) is 6.68. The first-order valence-corrected chi connectivity index (χ1v) is 7.46. The van der Waals surface area contributed by atoms with Crippen LogP contribution in [0.25, 0.3) is 10.1 Å². The van der Waals surface area contributed by atoms with Crippen LogP contribution >= 0.6 is 11.3 Å². The van der Waals surface area contributed by atoms with Crippen molar-refractivity contribution in [3.8, 4) is 0 Å². The van der Waals surface area contributed by atoms with Crippen LogP contribution in [0.4, 0.5) is 0 Å². The molecule has 3 nitrogen and oxygen atoms in total. The Morgan fingerprint density at radius 3 is 2.89 bits per heavy atom. The first-order valence-electron chi connectivity index (χ1n) is 6.64. The first kappa shape index (κ1) is 14.0. The minimum Gasteiger partial charge on any atom is -0.480 e. The highest BCUT2D eigenvalue weighted by molar-refractivity contribution is 7.19. The van der Waals surface area contributed by atoms with Gasteiger partial charge in [-0.2, -0.15) is 0 Å². The standard InChI is InChI=1S/C15H19NO2S/c1-2-3-7-13(15(17)18)16-10-12-9-11-6-4-5-8-14(11)19-12/h4-6,8-9,13,16H,2-3,7,10H2,1H3,(H,17,18)/t13-/m0/s1. The number of hydrogen-bond acceptors (Lipinski definition) is 3. The van der Waals surface area contributed by atoms with Crippen molar-refractivity contribution in [2.45, 2.75) is 38.8 Å². The lowest BCUT2D eigenvalue weighted by molar-refractivity contribution is -0.139. The van der Waals surface area contributed by atoms with E-state index in [2.05, 4.69) is 30.4 Å². The number of carboxylic acids is 1. The van der Waals surface area contributed by atoms with E-state index in [1.807, 2.05) is 12.1 Å². The molecule has 1 aromatic carbocycles. The van der Waals surface area contributed by atoms with Gasteiger partial charge in [0, 0.05) is 16.1 Å². The molecule has 0 amide bonds. The largest absolute Gasteiger partial charge is 0.480 e. The Bertz CT molecular complexity index is 517. The maximum Gasteiger partial charge on any atom is 0.320 e. The predicted molar refractivity (Wildman–Crippen MR) is 79.6 cm³/mol. The van der Waals surface area contributed by atoms with Crippen LogP contribution in [0.15, 0.2) is 30.3 Å². The molecule has 0 fully saturated rings. The molecule has 0 aliphatic rings. The van der Waals surface area contributed by atoms with Crippen molar-refractivity contribution >= 4 is 27.4 Å². The Balaban J connectivity index is 1.97. The third kappa shape index (κ3) is 3.78. The topological polar surface area (TPSA) is 49.3 Å². The Hall–Kier alpha value is -1.39. The molecule has 0 saturated carbocycles. The molecule has 0 radical (unpaired) electrons. The van der Waals surface area contributed by atoms with Gasteiger partial charge in [-0.1, -0.05) is 38.0 Å². The zero-order valence-corrected chi connectivity index (χ0v) is 11.9. The molecule has 0 aliphatic heterocycles. The number of rotatable bonds is 7. The number of hydrogen-bond donors (Lipinski definition) is 2. The number of nitrogens with one attached hydrogen (secondary N) is 1. The van der Waals surface area contributed by atoms with E-state index in [9.17, 15) is 4.79 Å². The van der Waals surface area contributed by atoms with Crippen molar-refractivity contribution in [1.82, 2.24) is 5.32 Å². The van der Waals surface area contributed by atoms with Crippen LogP contribution in [0.3, 0.4) is 0 Å². The van der Waals surface area contributed by atoms with E-state index in [0.29, 0.717) is 13.0 Å². The second-order valence-corrected chi connectivity index (χ2v) is 5.83. The van der Waals surface area contributed by atoms with Crippen LogP contribution in [0.5, 0.6) is 0 Å². The van der Waals surface area contributed by atoms with Crippen LogP contribution in [0.2, 0.25) is 0 Å². The monoisotopic (exact) mass is 277 g/mol. The van der Waals surface area contributed by atoms with E-state index in [4.69, 9.17) is 5.11 Å². The third-order valence-corrected chi connectivity index (χ3v) is 4.26. The molecule has 2 N–H and O–H groups in total. The second-order valence-electron chi connectivity index (χ2n) is 4.66. The Labute approximate surface area is 117 Å². The fourth-order valence-electron chi connectivity index (χ4n) is 2.07. The summed E-state index contributed by atoms with van der Waals surface area (Å²) < 4.78 is 1.25. The zero-order valence-electron chi connectivity index (χ0n) is 11.1. The van der Waals surface area contributed by atoms with Gasteiger partial charge < -0.3 is 5.11 Å². The molecule has 0 aliphatic carbocycles. The molecule has 0 unspecified atom stereocenters. The number of carboxylic acid groups (broad SMARTS) is 1. The van der Waals surface area contributed by atoms with Gasteiger partial charge in [-0.3, -0.25) is 10.1 Å². The lowest BCUT2D eigenvalue weighted by Crippen LogP contribution is -2.35. The molecule has 4 heteroatoms. The van der Waals surface area contributed by atoms with Gasteiger partial charge in [0.05, 0.1) is 0 Å². The van der Waals surface area contributed by atoms with Crippen molar-refractivity contribution in [2.24, 2.45) is 0 Å². The maximum absolute atomic E-state index is 11.1. The normalized spacial score (nSPS) is 12.7. The van der Waals surface area contributed by atoms with E-state index in [1.165, 1.54) is 15.0 Å². The van der Waals surface area contributed by atoms with Gasteiger partial charge >= 0.3 is 5.97 Å². The average Bonchev–Trinajstić information content (AvgIpc) is 2.81. The number of unbranched alkanes of at least 4 members (excludes halogenated alkanes) is 1. The minimum atomic E-state index is -0.755. The lowest BCUT2D eigenvalue weighted by atomic mass is 10.1. The summed E-state index contributed by atoms with van der Waals surface area (Å²) in [6, 6.07) is 9.91. The number of benzene rings is 1. The summed E-state index contributed by atoms with van der Waals surface area (Å²) >= 11 is 1.72. The lowest BCUT2D eigenvalue weighted by Gasteiger charge is -2.12. The molecule has 1 aromatic heterocycles. The van der Waals surface area contributed by atoms with Gasteiger partial charge in [-0.25, -0.2) is 0 Å². The summed E-state index contributed by atoms with van der Waals surface area (Å²) in [5, 5.41) is 13.5. The fourth-order valence-corrected chi connectivity index (χ4v) is 3.08. The van der Waals surface area contributed by atoms with Gasteiger partial charge in [0.15, 0.2) is 0 Å². The summed E-state index contributed by atoms with van der Waals surface area (Å²) in [6.07, 6.45) is 2.65. The Morgan fingerprint density at radius 1 is 1.42 bits per heavy atom. The molecular formula is C15H19NO2S. The molecular weight excluding hydrogens is 258 g/mol. The van der Waals surface area contributed by atoms with E-state index >= 15 is 0 Å². The number of carbonyl (C=O) groups is 1. The first-order chi connectivity index (χ1) is 9.20. The highest BCUT2D eigenvalue weighted by Crippen LogP contribution is 2.25. The Morgan fingerprint density at radius 2 is 2.21 bits per heavy atom. The average molecular weight is 277 g/mol. The third-order valence-electron chi connectivity index (χ3n) is 3.14. The molecule has 0 saturated heterocycles. The summed E-state index contributed by atoms with van der Waals surface area (Å²) in [5.41, 5.74) is 0. The van der Waals surface area contributed by atoms with Crippen LogP contribution in [-0.2, 0) is 11.3 Å². The van der Waals surface area contributed by atoms with Gasteiger partial charge in [0.25, 0.3) is 0 Å². The molecule has 102 valence electrons. The van der Waals surface area contributed by atoms with Crippen LogP contribution in [0.1, 0.15) is 31.1 Å². The van der Waals surface area contributed by atoms with Crippen molar-refractivity contribution in [3.63, 3.8) is 0 Å². The van der Waals surface area contributed by atoms with E-state index in [1.54, 1.807) is 11.3 Å². The molecule has 1 heterocycles. The van der Waals surface area contributed by atoms with E-state index in [0.717, 1.165) is 12.8 Å². The molecule has 0 spiro atoms. The zero-order chi connectivity index (χ0) is 13.7. The number of aliphatic carboxylic acids is 1. The van der Waals surface area contributed by atoms with Crippen molar-refractivity contribution in [1.29, 1.82) is 0 Å². The van der Waals surface area contributed by atoms with Gasteiger partial charge in [0.2, 0.25) is 0 Å². The maximum atomic E-state index is 11.1. The summed E-state index contributed by atoms with van der Waals surface area (Å²) in [7, 11) is 0. The number of thiophene rings is 1. The van der Waals surface area contributed by atoms with Crippen LogP contribution in [0, 0.1) is 0 Å². The molecule has 19 heavy (non-hydrogen) atoms. The van der Waals surface area contributed by atoms with Gasteiger partial charge in [0.1, 0.15) is 6.04 Å². The van der Waals surface area contributed by atoms with Crippen LogP contribution in [-0.4, -0.2) is 17.1 Å². The van der Waals surface area contributed by atoms with Gasteiger partial charge in [-0.15, -0.1) is 11.3 Å². The fraction of sp³-hybridized carbons (Fsp3) is 0.400. The predicted octanol–water partition coefficient (Wildman–Crippen LogP) is 3.63. The Kier molecular flexibility index (Phi) is 4.93. The summed E-state index contributed by atoms with van der Waals surface area (Å²) in [4.78, 5) is 12.3. The van der Waals surface area contributed by atoms with Crippen molar-refractivity contribution < 1.29 is 9.90 Å². The molecule has 2 rings (SSSR count). The van der Waals surface area contributed by atoms with Crippen LogP contribution < -0.4 is 5.32 Å². The molecule has 1 atom stereocenters. The quantitative estimate of drug-likeness (QED) is 0.812. The van der Waals surface area contributed by atoms with Crippen molar-refractivity contribution in [3.05, 3.63) is 35.2 Å². The smallest absolute Gasteiger partial charge is 0.320 e. The summed E-state index contributed by atoms with van der Waals surface area (Å²) in [6.45, 7) is 2.70. The highest BCUT2D eigenvalue weighted by atomic mass is 32.1. The van der Waals surface area contributed by atoms with Gasteiger partial charge in [-0.05, 0) is 23.9 Å². The SMILES string of the molecule is CCCC[C@H](NCc1cc2ccccc2s1)C(=O)O. The molecule has 2 aromatic rings.